The third kappa shape index (κ3) is 3.60. The first-order valence-corrected chi connectivity index (χ1v) is 7.58. The van der Waals surface area contributed by atoms with Crippen molar-refractivity contribution in [2.45, 2.75) is 11.9 Å². The highest BCUT2D eigenvalue weighted by Crippen LogP contribution is 2.32. The van der Waals surface area contributed by atoms with E-state index in [9.17, 15) is 9.90 Å². The van der Waals surface area contributed by atoms with Gasteiger partial charge in [-0.1, -0.05) is 29.8 Å². The molecule has 1 aliphatic carbocycles. The molecule has 128 valence electrons. The fourth-order valence-electron chi connectivity index (χ4n) is 2.51. The Morgan fingerprint density at radius 1 is 1.21 bits per heavy atom. The minimum atomic E-state index is -1.28. The zero-order valence-electron chi connectivity index (χ0n) is 13.7. The van der Waals surface area contributed by atoms with Crippen LogP contribution in [0, 0.1) is 0 Å². The van der Waals surface area contributed by atoms with Crippen LogP contribution in [0.3, 0.4) is 0 Å². The van der Waals surface area contributed by atoms with E-state index < -0.39 is 11.9 Å². The van der Waals surface area contributed by atoms with Crippen LogP contribution in [0.4, 0.5) is 0 Å². The molecule has 0 fully saturated rings. The molecule has 1 aromatic carbocycles. The van der Waals surface area contributed by atoms with Gasteiger partial charge in [-0.25, -0.2) is 0 Å². The maximum absolute atomic E-state index is 12.2. The topological polar surface area (TPSA) is 65.0 Å². The normalized spacial score (nSPS) is 22.2. The van der Waals surface area contributed by atoms with Crippen LogP contribution >= 0.6 is 11.6 Å². The van der Waals surface area contributed by atoms with E-state index in [2.05, 4.69) is 0 Å². The number of benzene rings is 1. The van der Waals surface area contributed by atoms with E-state index in [0.717, 1.165) is 5.56 Å². The molecule has 6 heteroatoms. The van der Waals surface area contributed by atoms with Crippen molar-refractivity contribution < 1.29 is 24.1 Å². The number of halogens is 1. The number of aliphatic hydroxyl groups excluding tert-OH is 1. The third-order valence-corrected chi connectivity index (χ3v) is 4.07. The minimum Gasteiger partial charge on any atom is -0.507 e. The molecule has 1 N–H and O–H groups in total. The van der Waals surface area contributed by atoms with Crippen LogP contribution < -0.4 is 0 Å². The van der Waals surface area contributed by atoms with Crippen molar-refractivity contribution in [1.29, 1.82) is 0 Å². The monoisotopic (exact) mass is 350 g/mol. The molecule has 24 heavy (non-hydrogen) atoms. The quantitative estimate of drug-likeness (QED) is 0.501. The maximum Gasteiger partial charge on any atom is 0.219 e. The predicted octanol–water partition coefficient (Wildman–Crippen LogP) is 3.31. The first kappa shape index (κ1) is 18.4. The van der Waals surface area contributed by atoms with E-state index in [0.29, 0.717) is 5.02 Å². The Bertz CT molecular complexity index is 684. The van der Waals surface area contributed by atoms with Crippen molar-refractivity contribution in [3.8, 4) is 0 Å². The average Bonchev–Trinajstić information content (AvgIpc) is 2.60. The van der Waals surface area contributed by atoms with Crippen molar-refractivity contribution in [2.75, 3.05) is 21.3 Å². The Labute approximate surface area is 145 Å². The molecule has 0 bridgehead atoms. The number of aliphatic hydroxyl groups is 1. The lowest BCUT2D eigenvalue weighted by Crippen LogP contribution is -2.50. The summed E-state index contributed by atoms with van der Waals surface area (Å²) in [6.45, 7) is 0. The molecule has 2 rings (SSSR count). The molecule has 5 nitrogen and oxygen atoms in total. The van der Waals surface area contributed by atoms with E-state index in [-0.39, 0.29) is 17.1 Å². The number of allylic oxidation sites excluding steroid dienone is 2. The van der Waals surface area contributed by atoms with Crippen molar-refractivity contribution in [3.63, 3.8) is 0 Å². The molecule has 0 amide bonds. The Hall–Kier alpha value is -1.92. The van der Waals surface area contributed by atoms with Crippen LogP contribution in [0.15, 0.2) is 53.8 Å². The molecule has 1 atom stereocenters. The average molecular weight is 351 g/mol. The summed E-state index contributed by atoms with van der Waals surface area (Å²) in [5.74, 6) is -1.87. The van der Waals surface area contributed by atoms with E-state index >= 15 is 0 Å². The lowest BCUT2D eigenvalue weighted by molar-refractivity contribution is -0.225. The third-order valence-electron chi connectivity index (χ3n) is 3.81. The molecule has 0 radical (unpaired) electrons. The fourth-order valence-corrected chi connectivity index (χ4v) is 2.64. The zero-order valence-corrected chi connectivity index (χ0v) is 14.4. The van der Waals surface area contributed by atoms with Gasteiger partial charge in [-0.05, 0) is 35.9 Å². The molecule has 0 spiro atoms. The minimum absolute atomic E-state index is 0.0638. The number of ketones is 1. The summed E-state index contributed by atoms with van der Waals surface area (Å²) in [4.78, 5) is 12.2. The van der Waals surface area contributed by atoms with Crippen molar-refractivity contribution in [2.24, 2.45) is 0 Å². The molecule has 1 unspecified atom stereocenters. The maximum atomic E-state index is 12.2. The number of carbonyl (C=O) groups is 1. The molecule has 0 aliphatic heterocycles. The van der Waals surface area contributed by atoms with Gasteiger partial charge in [-0.2, -0.15) is 0 Å². The fraction of sp³-hybridized carbons (Fsp3) is 0.278. The lowest BCUT2D eigenvalue weighted by Gasteiger charge is -2.37. The summed E-state index contributed by atoms with van der Waals surface area (Å²) in [6.07, 6.45) is 4.96. The first-order chi connectivity index (χ1) is 11.5. The van der Waals surface area contributed by atoms with Crippen LogP contribution in [0.25, 0.3) is 6.08 Å². The van der Waals surface area contributed by atoms with Crippen LogP contribution in [0.5, 0.6) is 0 Å². The number of hydrogen-bond donors (Lipinski definition) is 1. The summed E-state index contributed by atoms with van der Waals surface area (Å²) in [5.41, 5.74) is 0.887. The standard InChI is InChI=1S/C18H19ClO5/c1-22-17-16(15(21)10-11-18(17,23-2)24-3)14(20)9-6-12-4-7-13(19)8-5-12/h4-11,17,20H,1-3H3/b9-6+,16-14+. The second-order valence-electron chi connectivity index (χ2n) is 5.13. The van der Waals surface area contributed by atoms with Gasteiger partial charge in [0.15, 0.2) is 5.78 Å². The first-order valence-electron chi connectivity index (χ1n) is 7.21. The molecule has 1 aromatic rings. The van der Waals surface area contributed by atoms with E-state index in [4.69, 9.17) is 25.8 Å². The molecule has 0 heterocycles. The molecule has 0 saturated heterocycles. The summed E-state index contributed by atoms with van der Waals surface area (Å²) in [6, 6.07) is 7.06. The summed E-state index contributed by atoms with van der Waals surface area (Å²) in [5, 5.41) is 11.0. The van der Waals surface area contributed by atoms with Gasteiger partial charge in [0.05, 0.1) is 5.57 Å². The predicted molar refractivity (Wildman–Crippen MR) is 91.8 cm³/mol. The van der Waals surface area contributed by atoms with Crippen LogP contribution in [0.1, 0.15) is 5.56 Å². The smallest absolute Gasteiger partial charge is 0.219 e. The van der Waals surface area contributed by atoms with Gasteiger partial charge in [0.1, 0.15) is 11.9 Å². The highest BCUT2D eigenvalue weighted by molar-refractivity contribution is 6.30. The summed E-state index contributed by atoms with van der Waals surface area (Å²) in [7, 11) is 4.29. The van der Waals surface area contributed by atoms with Gasteiger partial charge in [-0.15, -0.1) is 0 Å². The Kier molecular flexibility index (Phi) is 5.96. The van der Waals surface area contributed by atoms with Gasteiger partial charge in [0, 0.05) is 26.4 Å². The molecule has 1 aliphatic rings. The molecule has 0 aromatic heterocycles. The number of rotatable bonds is 5. The Morgan fingerprint density at radius 3 is 2.38 bits per heavy atom. The second-order valence-corrected chi connectivity index (χ2v) is 5.56. The van der Waals surface area contributed by atoms with Crippen LogP contribution in [-0.2, 0) is 19.0 Å². The Morgan fingerprint density at radius 2 is 1.83 bits per heavy atom. The number of hydrogen-bond acceptors (Lipinski definition) is 5. The second kappa shape index (κ2) is 7.77. The van der Waals surface area contributed by atoms with Crippen molar-refractivity contribution >= 4 is 23.5 Å². The van der Waals surface area contributed by atoms with Gasteiger partial charge in [0.25, 0.3) is 0 Å². The summed E-state index contributed by atoms with van der Waals surface area (Å²) < 4.78 is 16.1. The zero-order chi connectivity index (χ0) is 17.7. The van der Waals surface area contributed by atoms with E-state index in [1.165, 1.54) is 39.6 Å². The van der Waals surface area contributed by atoms with Crippen LogP contribution in [0.2, 0.25) is 5.02 Å². The SMILES string of the molecule is COC1/C(=C(O)\C=C\c2ccc(Cl)cc2)C(=O)C=CC1(OC)OC. The number of ether oxygens (including phenoxy) is 3. The Balaban J connectivity index is 2.41. The summed E-state index contributed by atoms with van der Waals surface area (Å²) >= 11 is 5.84. The van der Waals surface area contributed by atoms with Crippen molar-refractivity contribution in [1.82, 2.24) is 0 Å². The molecular formula is C18H19ClO5. The van der Waals surface area contributed by atoms with Gasteiger partial charge in [-0.3, -0.25) is 4.79 Å². The molecular weight excluding hydrogens is 332 g/mol. The largest absolute Gasteiger partial charge is 0.507 e. The molecule has 0 saturated carbocycles. The van der Waals surface area contributed by atoms with E-state index in [1.54, 1.807) is 30.3 Å². The number of carbonyl (C=O) groups excluding carboxylic acids is 1. The van der Waals surface area contributed by atoms with Gasteiger partial charge < -0.3 is 19.3 Å². The highest BCUT2D eigenvalue weighted by Gasteiger charge is 2.46. The van der Waals surface area contributed by atoms with Crippen LogP contribution in [-0.4, -0.2) is 44.1 Å². The lowest BCUT2D eigenvalue weighted by atomic mass is 9.89. The van der Waals surface area contributed by atoms with E-state index in [1.807, 2.05) is 0 Å². The van der Waals surface area contributed by atoms with Gasteiger partial charge in [0.2, 0.25) is 5.79 Å². The van der Waals surface area contributed by atoms with Crippen molar-refractivity contribution in [3.05, 3.63) is 64.4 Å². The number of methoxy groups -OCH3 is 3. The highest BCUT2D eigenvalue weighted by atomic mass is 35.5. The van der Waals surface area contributed by atoms with Gasteiger partial charge >= 0.3 is 0 Å².